The molecule has 0 unspecified atom stereocenters. The second kappa shape index (κ2) is 7.85. The van der Waals surface area contributed by atoms with E-state index >= 15 is 0 Å². The van der Waals surface area contributed by atoms with Gasteiger partial charge in [-0.05, 0) is 59.7 Å². The molecule has 3 aromatic carbocycles. The second-order valence-corrected chi connectivity index (χ2v) is 8.24. The van der Waals surface area contributed by atoms with Crippen molar-refractivity contribution in [3.05, 3.63) is 131 Å². The Morgan fingerprint density at radius 3 is 2.52 bits per heavy atom. The second-order valence-electron chi connectivity index (χ2n) is 8.24. The highest BCUT2D eigenvalue weighted by Crippen LogP contribution is 2.41. The SMILES string of the molecule is C=C(N=C1C=CC=C/C1=C(/C)c1ccccc1)c1cccc2c1-c1cc(C)ccc1C2. The predicted molar refractivity (Wildman–Crippen MR) is 133 cm³/mol. The molecule has 2 aliphatic rings. The first kappa shape index (κ1) is 19.3. The number of benzene rings is 3. The highest BCUT2D eigenvalue weighted by molar-refractivity contribution is 6.17. The van der Waals surface area contributed by atoms with E-state index in [9.17, 15) is 0 Å². The molecule has 150 valence electrons. The number of aliphatic imine (C=N–C) groups is 1. The summed E-state index contributed by atoms with van der Waals surface area (Å²) in [6, 6.07) is 23.7. The highest BCUT2D eigenvalue weighted by Gasteiger charge is 2.22. The lowest BCUT2D eigenvalue weighted by Crippen LogP contribution is -2.03. The molecule has 0 saturated carbocycles. The van der Waals surface area contributed by atoms with E-state index in [2.05, 4.69) is 99.3 Å². The molecule has 1 nitrogen and oxygen atoms in total. The molecule has 0 heterocycles. The summed E-state index contributed by atoms with van der Waals surface area (Å²) in [6.45, 7) is 8.70. The van der Waals surface area contributed by atoms with Crippen molar-refractivity contribution in [2.45, 2.75) is 20.3 Å². The van der Waals surface area contributed by atoms with Gasteiger partial charge in [0.15, 0.2) is 0 Å². The van der Waals surface area contributed by atoms with Crippen LogP contribution in [-0.4, -0.2) is 5.71 Å². The molecular weight excluding hydrogens is 374 g/mol. The van der Waals surface area contributed by atoms with E-state index in [0.717, 1.165) is 29.0 Å². The molecule has 0 N–H and O–H groups in total. The molecular formula is C30H25N. The molecule has 2 aliphatic carbocycles. The van der Waals surface area contributed by atoms with Gasteiger partial charge in [-0.2, -0.15) is 0 Å². The number of nitrogens with zero attached hydrogens (tertiary/aromatic N) is 1. The van der Waals surface area contributed by atoms with E-state index < -0.39 is 0 Å². The maximum atomic E-state index is 5.03. The van der Waals surface area contributed by atoms with Crippen LogP contribution in [0.5, 0.6) is 0 Å². The molecule has 1 heteroatoms. The van der Waals surface area contributed by atoms with Crippen LogP contribution in [0.15, 0.2) is 108 Å². The topological polar surface area (TPSA) is 12.4 Å². The van der Waals surface area contributed by atoms with Gasteiger partial charge >= 0.3 is 0 Å². The summed E-state index contributed by atoms with van der Waals surface area (Å²) in [4.78, 5) is 5.03. The van der Waals surface area contributed by atoms with Crippen LogP contribution in [0.1, 0.15) is 34.7 Å². The molecule has 31 heavy (non-hydrogen) atoms. The molecule has 3 aromatic rings. The van der Waals surface area contributed by atoms with E-state index in [1.807, 2.05) is 12.1 Å². The Hall–Kier alpha value is -3.71. The fourth-order valence-corrected chi connectivity index (χ4v) is 4.53. The van der Waals surface area contributed by atoms with Gasteiger partial charge in [0.2, 0.25) is 0 Å². The minimum atomic E-state index is 0.805. The molecule has 0 amide bonds. The Balaban J connectivity index is 1.59. The molecule has 0 spiro atoms. The van der Waals surface area contributed by atoms with Crippen molar-refractivity contribution in [2.24, 2.45) is 4.99 Å². The first-order valence-electron chi connectivity index (χ1n) is 10.7. The number of aryl methyl sites for hydroxylation is 1. The average Bonchev–Trinajstić information content (AvgIpc) is 3.17. The van der Waals surface area contributed by atoms with Crippen LogP contribution in [0.3, 0.4) is 0 Å². The number of rotatable bonds is 3. The average molecular weight is 400 g/mol. The van der Waals surface area contributed by atoms with E-state index in [1.165, 1.54) is 39.0 Å². The third-order valence-electron chi connectivity index (χ3n) is 6.15. The third kappa shape index (κ3) is 3.53. The Morgan fingerprint density at radius 2 is 1.68 bits per heavy atom. The van der Waals surface area contributed by atoms with Gasteiger partial charge in [-0.1, -0.05) is 97.1 Å². The lowest BCUT2D eigenvalue weighted by atomic mass is 9.94. The molecule has 5 rings (SSSR count). The first-order chi connectivity index (χ1) is 15.1. The van der Waals surface area contributed by atoms with Gasteiger partial charge in [0.05, 0.1) is 11.4 Å². The molecule has 0 aromatic heterocycles. The maximum absolute atomic E-state index is 5.03. The minimum Gasteiger partial charge on any atom is -0.248 e. The van der Waals surface area contributed by atoms with Crippen molar-refractivity contribution in [1.29, 1.82) is 0 Å². The Labute approximate surface area is 184 Å². The summed E-state index contributed by atoms with van der Waals surface area (Å²) in [5.41, 5.74) is 13.1. The van der Waals surface area contributed by atoms with Gasteiger partial charge < -0.3 is 0 Å². The number of hydrogen-bond acceptors (Lipinski definition) is 1. The number of hydrogen-bond donors (Lipinski definition) is 0. The van der Waals surface area contributed by atoms with Gasteiger partial charge in [0.25, 0.3) is 0 Å². The predicted octanol–water partition coefficient (Wildman–Crippen LogP) is 7.58. The minimum absolute atomic E-state index is 0.805. The van der Waals surface area contributed by atoms with E-state index in [1.54, 1.807) is 0 Å². The largest absolute Gasteiger partial charge is 0.248 e. The van der Waals surface area contributed by atoms with Gasteiger partial charge in [0.1, 0.15) is 0 Å². The van der Waals surface area contributed by atoms with E-state index in [4.69, 9.17) is 4.99 Å². The van der Waals surface area contributed by atoms with Crippen LogP contribution in [-0.2, 0) is 6.42 Å². The van der Waals surface area contributed by atoms with Crippen molar-refractivity contribution in [3.63, 3.8) is 0 Å². The molecule has 0 saturated heterocycles. The molecule has 0 fully saturated rings. The first-order valence-corrected chi connectivity index (χ1v) is 10.7. The van der Waals surface area contributed by atoms with Crippen molar-refractivity contribution in [1.82, 2.24) is 0 Å². The Bertz CT molecular complexity index is 1310. The monoisotopic (exact) mass is 399 g/mol. The molecule has 0 bridgehead atoms. The molecule has 0 radical (unpaired) electrons. The van der Waals surface area contributed by atoms with Crippen molar-refractivity contribution < 1.29 is 0 Å². The summed E-state index contributed by atoms with van der Waals surface area (Å²) in [7, 11) is 0. The molecule has 0 aliphatic heterocycles. The van der Waals surface area contributed by atoms with Crippen LogP contribution in [0, 0.1) is 6.92 Å². The highest BCUT2D eigenvalue weighted by atomic mass is 14.8. The number of allylic oxidation sites excluding steroid dienone is 6. The maximum Gasteiger partial charge on any atom is 0.0712 e. The zero-order chi connectivity index (χ0) is 21.4. The number of fused-ring (bicyclic) bond motifs is 3. The molecule has 0 atom stereocenters. The van der Waals surface area contributed by atoms with Crippen LogP contribution < -0.4 is 0 Å². The van der Waals surface area contributed by atoms with Crippen LogP contribution in [0.2, 0.25) is 0 Å². The quantitative estimate of drug-likeness (QED) is 0.337. The standard InChI is InChI=1S/C30H25N/c1-20-16-17-24-19-25-12-9-14-27(30(25)28(24)18-20)22(3)31-29-15-8-7-13-26(29)21(2)23-10-5-4-6-11-23/h4-18H,3,19H2,1-2H3/b26-21+,31-29?. The van der Waals surface area contributed by atoms with Crippen molar-refractivity contribution >= 4 is 17.0 Å². The lowest BCUT2D eigenvalue weighted by Gasteiger charge is -2.15. The lowest BCUT2D eigenvalue weighted by molar-refractivity contribution is 1.25. The zero-order valence-electron chi connectivity index (χ0n) is 18.0. The Kier molecular flexibility index (Phi) is 4.88. The van der Waals surface area contributed by atoms with Crippen molar-refractivity contribution in [2.75, 3.05) is 0 Å². The van der Waals surface area contributed by atoms with E-state index in [0.29, 0.717) is 0 Å². The summed E-state index contributed by atoms with van der Waals surface area (Å²) in [5, 5.41) is 0. The van der Waals surface area contributed by atoms with Crippen LogP contribution in [0.25, 0.3) is 22.4 Å². The van der Waals surface area contributed by atoms with Crippen molar-refractivity contribution in [3.8, 4) is 11.1 Å². The van der Waals surface area contributed by atoms with E-state index in [-0.39, 0.29) is 0 Å². The summed E-state index contributed by atoms with van der Waals surface area (Å²) in [5.74, 6) is 0. The third-order valence-corrected chi connectivity index (χ3v) is 6.15. The normalized spacial score (nSPS) is 16.9. The van der Waals surface area contributed by atoms with Crippen LogP contribution >= 0.6 is 0 Å². The summed E-state index contributed by atoms with van der Waals surface area (Å²) < 4.78 is 0. The van der Waals surface area contributed by atoms with Gasteiger partial charge in [-0.25, -0.2) is 4.99 Å². The summed E-state index contributed by atoms with van der Waals surface area (Å²) in [6.07, 6.45) is 9.31. The fraction of sp³-hybridized carbons (Fsp3) is 0.100. The van der Waals surface area contributed by atoms with Crippen LogP contribution in [0.4, 0.5) is 0 Å². The Morgan fingerprint density at radius 1 is 0.871 bits per heavy atom. The fourth-order valence-electron chi connectivity index (χ4n) is 4.53. The zero-order valence-corrected chi connectivity index (χ0v) is 18.0. The van der Waals surface area contributed by atoms with Gasteiger partial charge in [-0.3, -0.25) is 0 Å². The smallest absolute Gasteiger partial charge is 0.0712 e. The van der Waals surface area contributed by atoms with Gasteiger partial charge in [-0.15, -0.1) is 0 Å². The summed E-state index contributed by atoms with van der Waals surface area (Å²) >= 11 is 0. The van der Waals surface area contributed by atoms with Gasteiger partial charge in [0, 0.05) is 11.1 Å².